The molecule has 0 bridgehead atoms. The van der Waals surface area contributed by atoms with Gasteiger partial charge >= 0.3 is 5.97 Å². The molecule has 2 aromatic carbocycles. The Morgan fingerprint density at radius 2 is 1.73 bits per heavy atom. The zero-order chi connectivity index (χ0) is 28.4. The highest BCUT2D eigenvalue weighted by Crippen LogP contribution is 2.29. The summed E-state index contributed by atoms with van der Waals surface area (Å²) < 4.78 is 11.1. The molecule has 2 aromatic heterocycles. The minimum atomic E-state index is -0.631. The van der Waals surface area contributed by atoms with Crippen molar-refractivity contribution in [3.05, 3.63) is 58.1 Å². The Kier molecular flexibility index (Phi) is 8.11. The molecule has 4 aromatic rings. The fourth-order valence-electron chi connectivity index (χ4n) is 4.52. The van der Waals surface area contributed by atoms with Gasteiger partial charge in [0.15, 0.2) is 0 Å². The van der Waals surface area contributed by atoms with Crippen molar-refractivity contribution >= 4 is 62.8 Å². The van der Waals surface area contributed by atoms with Gasteiger partial charge in [0.05, 0.1) is 23.2 Å². The molecule has 5 rings (SSSR count). The summed E-state index contributed by atoms with van der Waals surface area (Å²) in [5.41, 5.74) is 1.38. The molecule has 0 saturated carbocycles. The van der Waals surface area contributed by atoms with Crippen LogP contribution in [0.4, 0.5) is 5.82 Å². The lowest BCUT2D eigenvalue weighted by molar-refractivity contribution is -0.160. The molecule has 2 N–H and O–H groups in total. The highest BCUT2D eigenvalue weighted by molar-refractivity contribution is 6.31. The number of aromatic amines is 1. The number of hydrogen-bond donors (Lipinski definition) is 2. The number of nitrogens with zero attached hydrogens (tertiary/aromatic N) is 4. The van der Waals surface area contributed by atoms with Crippen molar-refractivity contribution in [1.29, 1.82) is 0 Å². The van der Waals surface area contributed by atoms with Crippen LogP contribution in [0.2, 0.25) is 10.0 Å². The van der Waals surface area contributed by atoms with E-state index in [1.807, 2.05) is 6.07 Å². The van der Waals surface area contributed by atoms with Gasteiger partial charge in [-0.2, -0.15) is 0 Å². The molecule has 10 nitrogen and oxygen atoms in total. The van der Waals surface area contributed by atoms with E-state index < -0.39 is 17.6 Å². The van der Waals surface area contributed by atoms with E-state index in [0.717, 1.165) is 18.4 Å². The number of benzene rings is 2. The SMILES string of the molecule is CC(C)(C)OC(=O)COC[C@@H](Nc1nc(C(=O)N2CCCC2)nc2ccc(Cl)cc12)c1nc2ccc(Cl)cc2[nH]1. The third kappa shape index (κ3) is 6.63. The molecule has 1 aliphatic heterocycles. The van der Waals surface area contributed by atoms with Crippen LogP contribution in [0.5, 0.6) is 0 Å². The summed E-state index contributed by atoms with van der Waals surface area (Å²) in [5, 5.41) is 5.05. The second-order valence-electron chi connectivity index (χ2n) is 10.6. The number of esters is 1. The molecule has 0 spiro atoms. The van der Waals surface area contributed by atoms with E-state index in [0.29, 0.717) is 51.2 Å². The van der Waals surface area contributed by atoms with Gasteiger partial charge in [0, 0.05) is 28.5 Å². The fraction of sp³-hybridized carbons (Fsp3) is 0.393. The van der Waals surface area contributed by atoms with Gasteiger partial charge in [-0.15, -0.1) is 0 Å². The molecule has 40 heavy (non-hydrogen) atoms. The van der Waals surface area contributed by atoms with E-state index in [9.17, 15) is 9.59 Å². The summed E-state index contributed by atoms with van der Waals surface area (Å²) in [6.07, 6.45) is 1.90. The fourth-order valence-corrected chi connectivity index (χ4v) is 4.86. The third-order valence-electron chi connectivity index (χ3n) is 6.27. The predicted molar refractivity (Wildman–Crippen MR) is 154 cm³/mol. The molecular formula is C28H30Cl2N6O4. The van der Waals surface area contributed by atoms with Gasteiger partial charge in [-0.1, -0.05) is 23.2 Å². The van der Waals surface area contributed by atoms with Gasteiger partial charge in [0.2, 0.25) is 5.82 Å². The Bertz CT molecular complexity index is 1560. The predicted octanol–water partition coefficient (Wildman–Crippen LogP) is 5.56. The smallest absolute Gasteiger partial charge is 0.332 e. The number of hydrogen-bond acceptors (Lipinski definition) is 8. The Morgan fingerprint density at radius 1 is 1.02 bits per heavy atom. The van der Waals surface area contributed by atoms with Crippen LogP contribution in [0, 0.1) is 0 Å². The van der Waals surface area contributed by atoms with E-state index >= 15 is 0 Å². The van der Waals surface area contributed by atoms with E-state index in [1.165, 1.54) is 0 Å². The third-order valence-corrected chi connectivity index (χ3v) is 6.74. The summed E-state index contributed by atoms with van der Waals surface area (Å²) in [4.78, 5) is 44.4. The molecule has 1 amide bonds. The van der Waals surface area contributed by atoms with Crippen LogP contribution in [0.3, 0.4) is 0 Å². The van der Waals surface area contributed by atoms with E-state index in [2.05, 4.69) is 20.3 Å². The van der Waals surface area contributed by atoms with Crippen LogP contribution in [-0.4, -0.2) is 68.6 Å². The first kappa shape index (κ1) is 28.1. The lowest BCUT2D eigenvalue weighted by atomic mass is 10.2. The number of fused-ring (bicyclic) bond motifs is 2. The normalized spacial score (nSPS) is 14.6. The van der Waals surface area contributed by atoms with Crippen LogP contribution >= 0.6 is 23.2 Å². The maximum absolute atomic E-state index is 13.2. The second-order valence-corrected chi connectivity index (χ2v) is 11.5. The molecule has 1 fully saturated rings. The van der Waals surface area contributed by atoms with Gasteiger partial charge in [-0.3, -0.25) is 4.79 Å². The first-order valence-corrected chi connectivity index (χ1v) is 13.8. The van der Waals surface area contributed by atoms with Crippen molar-refractivity contribution in [2.24, 2.45) is 0 Å². The summed E-state index contributed by atoms with van der Waals surface area (Å²) in [5.74, 6) is 0.292. The minimum absolute atomic E-state index is 0.0360. The molecule has 0 unspecified atom stereocenters. The summed E-state index contributed by atoms with van der Waals surface area (Å²) in [7, 11) is 0. The van der Waals surface area contributed by atoms with E-state index in [-0.39, 0.29) is 24.9 Å². The number of aromatic nitrogens is 4. The lowest BCUT2D eigenvalue weighted by Crippen LogP contribution is -2.30. The van der Waals surface area contributed by atoms with Crippen LogP contribution in [0.15, 0.2) is 36.4 Å². The monoisotopic (exact) mass is 584 g/mol. The molecule has 210 valence electrons. The van der Waals surface area contributed by atoms with Gasteiger partial charge in [0.1, 0.15) is 29.9 Å². The Labute approximate surface area is 241 Å². The van der Waals surface area contributed by atoms with Crippen molar-refractivity contribution in [3.63, 3.8) is 0 Å². The average molecular weight is 585 g/mol. The van der Waals surface area contributed by atoms with E-state index in [4.69, 9.17) is 37.7 Å². The van der Waals surface area contributed by atoms with Crippen LogP contribution in [0.1, 0.15) is 56.1 Å². The van der Waals surface area contributed by atoms with Gasteiger partial charge in [0.25, 0.3) is 5.91 Å². The molecule has 1 saturated heterocycles. The van der Waals surface area contributed by atoms with Crippen LogP contribution in [0.25, 0.3) is 21.9 Å². The Balaban J connectivity index is 1.49. The first-order valence-electron chi connectivity index (χ1n) is 13.0. The zero-order valence-electron chi connectivity index (χ0n) is 22.5. The lowest BCUT2D eigenvalue weighted by Gasteiger charge is -2.21. The highest BCUT2D eigenvalue weighted by atomic mass is 35.5. The number of likely N-dealkylation sites (tertiary alicyclic amines) is 1. The van der Waals surface area contributed by atoms with Crippen LogP contribution < -0.4 is 5.32 Å². The number of H-pyrrole nitrogens is 1. The van der Waals surface area contributed by atoms with Crippen molar-refractivity contribution < 1.29 is 19.1 Å². The van der Waals surface area contributed by atoms with E-state index in [1.54, 1.807) is 56.0 Å². The number of nitrogens with one attached hydrogen (secondary N) is 2. The number of anilines is 1. The highest BCUT2D eigenvalue weighted by Gasteiger charge is 2.25. The number of rotatable bonds is 8. The maximum Gasteiger partial charge on any atom is 0.332 e. The molecular weight excluding hydrogens is 555 g/mol. The molecule has 0 aliphatic carbocycles. The molecule has 3 heterocycles. The Hall–Kier alpha value is -3.47. The summed E-state index contributed by atoms with van der Waals surface area (Å²) in [6.45, 7) is 6.51. The van der Waals surface area contributed by atoms with Gasteiger partial charge in [-0.25, -0.2) is 19.7 Å². The van der Waals surface area contributed by atoms with Gasteiger partial charge in [-0.05, 0) is 70.0 Å². The van der Waals surface area contributed by atoms with Gasteiger partial charge < -0.3 is 24.7 Å². The minimum Gasteiger partial charge on any atom is -0.458 e. The van der Waals surface area contributed by atoms with Crippen molar-refractivity contribution in [3.8, 4) is 0 Å². The summed E-state index contributed by atoms with van der Waals surface area (Å²) in [6, 6.07) is 9.95. The number of halogens is 2. The van der Waals surface area contributed by atoms with Crippen molar-refractivity contribution in [2.45, 2.75) is 45.3 Å². The van der Waals surface area contributed by atoms with Crippen molar-refractivity contribution in [2.75, 3.05) is 31.6 Å². The quantitative estimate of drug-likeness (QED) is 0.258. The topological polar surface area (TPSA) is 122 Å². The maximum atomic E-state index is 13.2. The molecule has 12 heteroatoms. The summed E-state index contributed by atoms with van der Waals surface area (Å²) >= 11 is 12.5. The first-order chi connectivity index (χ1) is 19.1. The van der Waals surface area contributed by atoms with Crippen molar-refractivity contribution in [1.82, 2.24) is 24.8 Å². The number of ether oxygens (including phenoxy) is 2. The number of carbonyl (C=O) groups excluding carboxylic acids is 2. The van der Waals surface area contributed by atoms with Crippen LogP contribution in [-0.2, 0) is 14.3 Å². The number of imidazole rings is 1. The molecule has 1 aliphatic rings. The zero-order valence-corrected chi connectivity index (χ0v) is 24.0. The molecule has 1 atom stereocenters. The largest absolute Gasteiger partial charge is 0.458 e. The second kappa shape index (κ2) is 11.6. The average Bonchev–Trinajstić information content (AvgIpc) is 3.57. The Morgan fingerprint density at radius 3 is 2.45 bits per heavy atom. The number of carbonyl (C=O) groups is 2. The number of amides is 1. The standard InChI is InChI=1S/C28H30Cl2N6O4/c1-28(2,3)40-23(37)15-39-14-22(25-32-20-9-7-17(30)13-21(20)33-25)34-24-18-12-16(29)6-8-19(18)31-26(35-24)27(38)36-10-4-5-11-36/h6-9,12-13,22H,4-5,10-11,14-15H2,1-3H3,(H,32,33)(H,31,34,35)/t22-/m1/s1. The molecule has 0 radical (unpaired) electrons.